The molecule has 6 rings (SSSR count). The first-order chi connectivity index (χ1) is 24.2. The minimum atomic E-state index is -0.405. The molecule has 2 unspecified atom stereocenters. The van der Waals surface area contributed by atoms with E-state index in [-0.39, 0.29) is 48.6 Å². The van der Waals surface area contributed by atoms with Gasteiger partial charge in [0.15, 0.2) is 0 Å². The number of nitrogens with two attached hydrogens (primary N) is 1. The van der Waals surface area contributed by atoms with E-state index in [0.29, 0.717) is 44.8 Å². The number of fused-ring (bicyclic) bond motifs is 2. The van der Waals surface area contributed by atoms with E-state index in [2.05, 4.69) is 75.5 Å². The van der Waals surface area contributed by atoms with Crippen LogP contribution in [0.25, 0.3) is 5.57 Å². The van der Waals surface area contributed by atoms with Crippen molar-refractivity contribution in [2.24, 2.45) is 5.73 Å². The van der Waals surface area contributed by atoms with Gasteiger partial charge in [0.05, 0.1) is 17.1 Å². The van der Waals surface area contributed by atoms with E-state index < -0.39 is 5.91 Å². The van der Waals surface area contributed by atoms with E-state index >= 15 is 0 Å². The third-order valence-electron chi connectivity index (χ3n) is 10.00. The molecule has 3 N–H and O–H groups in total. The molecule has 8 nitrogen and oxygen atoms in total. The van der Waals surface area contributed by atoms with Crippen molar-refractivity contribution in [2.45, 2.75) is 82.8 Å². The van der Waals surface area contributed by atoms with Crippen molar-refractivity contribution in [3.8, 4) is 5.75 Å². The SMILES string of the molecule is Cc1ccccc1CCN(C(=O)C1=C(c2ccc(CCCOc3cc(F)ccc3Br)cc2)CC2CN(C(=O)CCCC(N)=O)CC1N2)C1CC1. The number of hydrogen-bond acceptors (Lipinski definition) is 5. The van der Waals surface area contributed by atoms with Crippen LogP contribution in [0.2, 0.25) is 0 Å². The highest BCUT2D eigenvalue weighted by molar-refractivity contribution is 9.10. The van der Waals surface area contributed by atoms with Crippen LogP contribution in [0.3, 0.4) is 0 Å². The van der Waals surface area contributed by atoms with Gasteiger partial charge in [-0.1, -0.05) is 48.5 Å². The molecule has 1 saturated heterocycles. The fourth-order valence-corrected chi connectivity index (χ4v) is 7.54. The number of nitrogens with zero attached hydrogens (tertiary/aromatic N) is 2. The number of amides is 3. The third kappa shape index (κ3) is 9.01. The van der Waals surface area contributed by atoms with Crippen LogP contribution in [0.5, 0.6) is 5.75 Å². The summed E-state index contributed by atoms with van der Waals surface area (Å²) < 4.78 is 20.2. The number of aryl methyl sites for hydroxylation is 2. The first-order valence-corrected chi connectivity index (χ1v) is 18.5. The Morgan fingerprint density at radius 2 is 1.78 bits per heavy atom. The Morgan fingerprint density at radius 1 is 1.00 bits per heavy atom. The van der Waals surface area contributed by atoms with Gasteiger partial charge in [-0.2, -0.15) is 0 Å². The van der Waals surface area contributed by atoms with Crippen LogP contribution < -0.4 is 15.8 Å². The molecule has 2 atom stereocenters. The molecule has 50 heavy (non-hydrogen) atoms. The zero-order valence-corrected chi connectivity index (χ0v) is 30.2. The molecule has 3 aromatic carbocycles. The van der Waals surface area contributed by atoms with Gasteiger partial charge in [0.1, 0.15) is 11.6 Å². The Balaban J connectivity index is 1.21. The van der Waals surface area contributed by atoms with Gasteiger partial charge in [-0.15, -0.1) is 0 Å². The van der Waals surface area contributed by atoms with Gasteiger partial charge >= 0.3 is 0 Å². The van der Waals surface area contributed by atoms with Gasteiger partial charge in [-0.3, -0.25) is 14.4 Å². The fraction of sp³-hybridized carbons (Fsp3) is 0.425. The fourth-order valence-electron chi connectivity index (χ4n) is 7.18. The summed E-state index contributed by atoms with van der Waals surface area (Å²) >= 11 is 3.41. The Bertz CT molecular complexity index is 1740. The number of hydrogen-bond donors (Lipinski definition) is 2. The predicted molar refractivity (Wildman–Crippen MR) is 196 cm³/mol. The summed E-state index contributed by atoms with van der Waals surface area (Å²) in [7, 11) is 0. The summed E-state index contributed by atoms with van der Waals surface area (Å²) in [5.74, 6) is -0.197. The Hall–Kier alpha value is -4.02. The smallest absolute Gasteiger partial charge is 0.252 e. The van der Waals surface area contributed by atoms with E-state index in [1.54, 1.807) is 6.07 Å². The molecule has 1 saturated carbocycles. The summed E-state index contributed by atoms with van der Waals surface area (Å²) in [5, 5.41) is 3.69. The van der Waals surface area contributed by atoms with Crippen molar-refractivity contribution in [3.63, 3.8) is 0 Å². The lowest BCUT2D eigenvalue weighted by Gasteiger charge is -2.45. The van der Waals surface area contributed by atoms with Crippen molar-refractivity contribution in [2.75, 3.05) is 26.2 Å². The number of ether oxygens (including phenoxy) is 1. The summed E-state index contributed by atoms with van der Waals surface area (Å²) in [5.41, 5.74) is 11.8. The molecule has 3 amide bonds. The van der Waals surface area contributed by atoms with Gasteiger partial charge in [0.25, 0.3) is 5.91 Å². The quantitative estimate of drug-likeness (QED) is 0.183. The molecular weight excluding hydrogens is 699 g/mol. The number of halogens is 2. The first kappa shape index (κ1) is 35.8. The van der Waals surface area contributed by atoms with Gasteiger partial charge in [-0.25, -0.2) is 4.39 Å². The predicted octanol–water partition coefficient (Wildman–Crippen LogP) is 6.12. The lowest BCUT2D eigenvalue weighted by Crippen LogP contribution is -2.62. The minimum Gasteiger partial charge on any atom is -0.492 e. The van der Waals surface area contributed by atoms with Gasteiger partial charge in [0.2, 0.25) is 11.8 Å². The highest BCUT2D eigenvalue weighted by Crippen LogP contribution is 2.37. The van der Waals surface area contributed by atoms with Crippen LogP contribution in [0.4, 0.5) is 4.39 Å². The van der Waals surface area contributed by atoms with Crippen molar-refractivity contribution in [1.29, 1.82) is 0 Å². The number of rotatable bonds is 15. The van der Waals surface area contributed by atoms with E-state index in [1.165, 1.54) is 23.3 Å². The second-order valence-corrected chi connectivity index (χ2v) is 14.6. The molecule has 0 aromatic heterocycles. The maximum atomic E-state index is 14.7. The number of benzene rings is 3. The number of carbonyl (C=O) groups is 3. The maximum Gasteiger partial charge on any atom is 0.252 e. The highest BCUT2D eigenvalue weighted by Gasteiger charge is 2.43. The molecule has 0 spiro atoms. The summed E-state index contributed by atoms with van der Waals surface area (Å²) in [6, 6.07) is 21.2. The molecular formula is C40H46BrFN4O4. The zero-order chi connectivity index (χ0) is 35.2. The lowest BCUT2D eigenvalue weighted by atomic mass is 9.82. The maximum absolute atomic E-state index is 14.7. The van der Waals surface area contributed by atoms with Crippen LogP contribution in [0.1, 0.15) is 67.2 Å². The molecule has 0 radical (unpaired) electrons. The van der Waals surface area contributed by atoms with Crippen LogP contribution in [0.15, 0.2) is 76.8 Å². The van der Waals surface area contributed by atoms with Crippen molar-refractivity contribution in [1.82, 2.24) is 15.1 Å². The molecule has 10 heteroatoms. The van der Waals surface area contributed by atoms with E-state index in [9.17, 15) is 18.8 Å². The van der Waals surface area contributed by atoms with Gasteiger partial charge < -0.3 is 25.6 Å². The third-order valence-corrected chi connectivity index (χ3v) is 10.7. The van der Waals surface area contributed by atoms with Crippen molar-refractivity contribution >= 4 is 39.2 Å². The molecule has 2 fully saturated rings. The Labute approximate surface area is 302 Å². The van der Waals surface area contributed by atoms with Crippen molar-refractivity contribution in [3.05, 3.63) is 105 Å². The molecule has 264 valence electrons. The zero-order valence-electron chi connectivity index (χ0n) is 28.6. The Kier molecular flexibility index (Phi) is 11.7. The number of primary amides is 1. The monoisotopic (exact) mass is 744 g/mol. The lowest BCUT2D eigenvalue weighted by molar-refractivity contribution is -0.134. The van der Waals surface area contributed by atoms with E-state index in [4.69, 9.17) is 10.5 Å². The molecule has 2 aliphatic heterocycles. The topological polar surface area (TPSA) is 105 Å². The van der Waals surface area contributed by atoms with E-state index in [1.807, 2.05) is 11.0 Å². The normalized spacial score (nSPS) is 18.6. The molecule has 3 aliphatic rings. The first-order valence-electron chi connectivity index (χ1n) is 17.7. The van der Waals surface area contributed by atoms with Crippen LogP contribution in [0, 0.1) is 12.7 Å². The largest absolute Gasteiger partial charge is 0.492 e. The standard InChI is InChI=1S/C40H46BrFN4O4/c1-26-6-2-3-8-28(26)19-20-46(32-16-17-32)40(49)39-33(23-31-24-45(25-35(39)44-31)38(48)10-4-9-37(43)47)29-13-11-27(12-14-29)7-5-21-50-36-22-30(42)15-18-34(36)41/h2-3,6,8,11-15,18,22,31-32,35,44H,4-5,7,9-10,16-17,19-21,23-25H2,1H3,(H2,43,47). The summed E-state index contributed by atoms with van der Waals surface area (Å²) in [6.07, 6.45) is 5.86. The second-order valence-electron chi connectivity index (χ2n) is 13.8. The average molecular weight is 746 g/mol. The number of carbonyl (C=O) groups excluding carboxylic acids is 3. The molecule has 3 aromatic rings. The van der Waals surface area contributed by atoms with Crippen LogP contribution in [-0.2, 0) is 27.2 Å². The average Bonchev–Trinajstić information content (AvgIpc) is 3.94. The van der Waals surface area contributed by atoms with Gasteiger partial charge in [0, 0.05) is 56.2 Å². The Morgan fingerprint density at radius 3 is 2.52 bits per heavy atom. The molecule has 2 heterocycles. The summed E-state index contributed by atoms with van der Waals surface area (Å²) in [6.45, 7) is 4.17. The molecule has 1 aliphatic carbocycles. The summed E-state index contributed by atoms with van der Waals surface area (Å²) in [4.78, 5) is 43.2. The minimum absolute atomic E-state index is 0.00492. The highest BCUT2D eigenvalue weighted by atomic mass is 79.9. The second kappa shape index (κ2) is 16.3. The van der Waals surface area contributed by atoms with Gasteiger partial charge in [-0.05, 0) is 108 Å². The number of piperazine rings is 1. The van der Waals surface area contributed by atoms with Crippen LogP contribution in [-0.4, -0.2) is 71.9 Å². The molecule has 2 bridgehead atoms. The van der Waals surface area contributed by atoms with E-state index in [0.717, 1.165) is 58.8 Å². The number of nitrogens with one attached hydrogen (secondary N) is 1. The van der Waals surface area contributed by atoms with Crippen LogP contribution >= 0.6 is 15.9 Å². The van der Waals surface area contributed by atoms with Crippen molar-refractivity contribution < 1.29 is 23.5 Å².